The predicted molar refractivity (Wildman–Crippen MR) is 118 cm³/mol. The van der Waals surface area contributed by atoms with Gasteiger partial charge in [0.2, 0.25) is 0 Å². The average Bonchev–Trinajstić information content (AvgIpc) is 3.23. The molecule has 0 saturated carbocycles. The normalized spacial score (nSPS) is 25.5. The largest absolute Gasteiger partial charge is 0.444 e. The maximum atomic E-state index is 11.8. The van der Waals surface area contributed by atoms with Gasteiger partial charge in [0.15, 0.2) is 0 Å². The highest BCUT2D eigenvalue weighted by atomic mass is 16.6. The van der Waals surface area contributed by atoms with Gasteiger partial charge in [-0.3, -0.25) is 0 Å². The van der Waals surface area contributed by atoms with E-state index in [2.05, 4.69) is 10.0 Å². The number of azide groups is 1. The van der Waals surface area contributed by atoms with Crippen molar-refractivity contribution < 1.29 is 29.3 Å². The van der Waals surface area contributed by atoms with Crippen molar-refractivity contribution in [3.05, 3.63) is 10.4 Å². The zero-order valence-corrected chi connectivity index (χ0v) is 19.9. The number of carbonyl (C=O) groups is 2. The summed E-state index contributed by atoms with van der Waals surface area (Å²) in [6.45, 7) is 11.3. The second-order valence-electron chi connectivity index (χ2n) is 10.0. The quantitative estimate of drug-likeness (QED) is 0.329. The number of nitrogens with zero attached hydrogens (tertiary/aromatic N) is 5. The molecular weight excluding hydrogens is 420 g/mol. The first-order valence-corrected chi connectivity index (χ1v) is 10.7. The van der Waals surface area contributed by atoms with Gasteiger partial charge in [-0.25, -0.2) is 9.59 Å². The fourth-order valence-electron chi connectivity index (χ4n) is 3.44. The van der Waals surface area contributed by atoms with E-state index in [-0.39, 0.29) is 37.4 Å². The van der Waals surface area contributed by atoms with Crippen molar-refractivity contribution in [1.29, 1.82) is 0 Å². The van der Waals surface area contributed by atoms with Crippen molar-refractivity contribution in [2.24, 2.45) is 10.8 Å². The Morgan fingerprint density at radius 2 is 1.41 bits per heavy atom. The van der Waals surface area contributed by atoms with Gasteiger partial charge in [-0.15, -0.1) is 0 Å². The molecule has 0 bridgehead atoms. The Bertz CT molecular complexity index is 685. The molecule has 4 atom stereocenters. The standard InChI is InChI=1S/C10H18N4O3.C10H20N2O3/c1-10(2,3)17-9(16)14-5-7(12-13-11)4-8(14)6-15;1-10(2,3)15-9(14)12-5-7(11)4-8(12)6-13/h7-8,15H,4-6H2,1-3H3;7-8,13H,4-6,11H2,1-3H3/t2*7-,8-/m00/s1. The molecule has 0 aromatic rings. The van der Waals surface area contributed by atoms with Gasteiger partial charge in [0.05, 0.1) is 31.3 Å². The topological polar surface area (TPSA) is 174 Å². The van der Waals surface area contributed by atoms with Crippen LogP contribution in [0.15, 0.2) is 5.11 Å². The molecule has 12 nitrogen and oxygen atoms in total. The van der Waals surface area contributed by atoms with E-state index >= 15 is 0 Å². The minimum atomic E-state index is -0.576. The molecule has 32 heavy (non-hydrogen) atoms. The Morgan fingerprint density at radius 1 is 0.969 bits per heavy atom. The molecule has 2 rings (SSSR count). The number of likely N-dealkylation sites (tertiary alicyclic amines) is 2. The summed E-state index contributed by atoms with van der Waals surface area (Å²) >= 11 is 0. The van der Waals surface area contributed by atoms with E-state index in [1.807, 2.05) is 20.8 Å². The molecule has 0 spiro atoms. The number of hydrogen-bond acceptors (Lipinski definition) is 8. The van der Waals surface area contributed by atoms with E-state index in [9.17, 15) is 14.7 Å². The summed E-state index contributed by atoms with van der Waals surface area (Å²) in [5.74, 6) is 0. The molecule has 2 heterocycles. The van der Waals surface area contributed by atoms with Gasteiger partial charge >= 0.3 is 12.2 Å². The highest BCUT2D eigenvalue weighted by Gasteiger charge is 2.37. The smallest absolute Gasteiger partial charge is 0.410 e. The van der Waals surface area contributed by atoms with Crippen LogP contribution in [0.5, 0.6) is 0 Å². The molecule has 2 aliphatic rings. The fourth-order valence-corrected chi connectivity index (χ4v) is 3.44. The summed E-state index contributed by atoms with van der Waals surface area (Å²) in [7, 11) is 0. The molecule has 0 unspecified atom stereocenters. The minimum absolute atomic E-state index is 0.0605. The van der Waals surface area contributed by atoms with E-state index in [1.165, 1.54) is 9.80 Å². The van der Waals surface area contributed by atoms with Crippen LogP contribution >= 0.6 is 0 Å². The summed E-state index contributed by atoms with van der Waals surface area (Å²) in [5.41, 5.74) is 13.0. The van der Waals surface area contributed by atoms with Gasteiger partial charge in [-0.2, -0.15) is 0 Å². The molecule has 0 radical (unpaired) electrons. The summed E-state index contributed by atoms with van der Waals surface area (Å²) in [6, 6.07) is -0.880. The van der Waals surface area contributed by atoms with Crippen LogP contribution < -0.4 is 5.73 Å². The lowest BCUT2D eigenvalue weighted by Gasteiger charge is -2.27. The Kier molecular flexibility index (Phi) is 10.0. The first-order chi connectivity index (χ1) is 14.7. The van der Waals surface area contributed by atoms with Gasteiger partial charge in [0.1, 0.15) is 11.2 Å². The summed E-state index contributed by atoms with van der Waals surface area (Å²) < 4.78 is 10.4. The van der Waals surface area contributed by atoms with E-state index < -0.39 is 23.4 Å². The van der Waals surface area contributed by atoms with Crippen LogP contribution in [0, 0.1) is 0 Å². The molecule has 0 aliphatic carbocycles. The van der Waals surface area contributed by atoms with Gasteiger partial charge in [0.25, 0.3) is 0 Å². The van der Waals surface area contributed by atoms with Crippen LogP contribution in [0.3, 0.4) is 0 Å². The molecular formula is C20H38N6O6. The fraction of sp³-hybridized carbons (Fsp3) is 0.900. The zero-order valence-electron chi connectivity index (χ0n) is 19.9. The highest BCUT2D eigenvalue weighted by molar-refractivity contribution is 5.69. The van der Waals surface area contributed by atoms with Crippen molar-refractivity contribution in [3.63, 3.8) is 0 Å². The zero-order chi connectivity index (χ0) is 24.7. The van der Waals surface area contributed by atoms with Gasteiger partial charge in [-0.1, -0.05) is 5.11 Å². The lowest BCUT2D eigenvalue weighted by Crippen LogP contribution is -2.41. The number of amides is 2. The molecule has 2 amide bonds. The monoisotopic (exact) mass is 458 g/mol. The third-order valence-electron chi connectivity index (χ3n) is 4.73. The molecule has 184 valence electrons. The van der Waals surface area contributed by atoms with Crippen LogP contribution in [0.4, 0.5) is 9.59 Å². The number of hydrogen-bond donors (Lipinski definition) is 3. The first kappa shape index (κ1) is 27.8. The Balaban J connectivity index is 0.000000323. The summed E-state index contributed by atoms with van der Waals surface area (Å²) in [5, 5.41) is 21.9. The third kappa shape index (κ3) is 9.07. The van der Waals surface area contributed by atoms with Crippen molar-refractivity contribution in [1.82, 2.24) is 9.80 Å². The van der Waals surface area contributed by atoms with E-state index in [1.54, 1.807) is 20.8 Å². The van der Waals surface area contributed by atoms with Crippen LogP contribution in [0.1, 0.15) is 54.4 Å². The lowest BCUT2D eigenvalue weighted by atomic mass is 10.2. The lowest BCUT2D eigenvalue weighted by molar-refractivity contribution is 0.0166. The predicted octanol–water partition coefficient (Wildman–Crippen LogP) is 1.98. The molecule has 2 saturated heterocycles. The van der Waals surface area contributed by atoms with E-state index in [4.69, 9.17) is 25.8 Å². The number of aliphatic hydroxyl groups excluding tert-OH is 2. The first-order valence-electron chi connectivity index (χ1n) is 10.7. The van der Waals surface area contributed by atoms with Crippen LogP contribution in [0.25, 0.3) is 10.4 Å². The van der Waals surface area contributed by atoms with Crippen LogP contribution in [-0.2, 0) is 9.47 Å². The third-order valence-corrected chi connectivity index (χ3v) is 4.73. The maximum Gasteiger partial charge on any atom is 0.410 e. The number of ether oxygens (including phenoxy) is 2. The Labute approximate surface area is 189 Å². The second-order valence-corrected chi connectivity index (χ2v) is 10.0. The SMILES string of the molecule is CC(C)(C)OC(=O)N1C[C@@H](N)C[C@H]1CO.CC(C)(C)OC(=O)N1C[C@@H](N=[N+]=[N-])C[C@H]1CO. The van der Waals surface area contributed by atoms with Gasteiger partial charge < -0.3 is 35.2 Å². The summed E-state index contributed by atoms with van der Waals surface area (Å²) in [6.07, 6.45) is 0.233. The minimum Gasteiger partial charge on any atom is -0.444 e. The molecule has 4 N–H and O–H groups in total. The molecule has 2 fully saturated rings. The summed E-state index contributed by atoms with van der Waals surface area (Å²) in [4.78, 5) is 29.2. The van der Waals surface area contributed by atoms with Crippen LogP contribution in [0.2, 0.25) is 0 Å². The van der Waals surface area contributed by atoms with Crippen molar-refractivity contribution in [3.8, 4) is 0 Å². The molecule has 0 aromatic heterocycles. The van der Waals surface area contributed by atoms with Crippen LogP contribution in [-0.4, -0.2) is 93.9 Å². The number of nitrogens with two attached hydrogens (primary N) is 1. The number of aliphatic hydroxyl groups is 2. The van der Waals surface area contributed by atoms with Gasteiger partial charge in [0, 0.05) is 24.0 Å². The second kappa shape index (κ2) is 11.6. The van der Waals surface area contributed by atoms with Crippen molar-refractivity contribution in [2.75, 3.05) is 26.3 Å². The van der Waals surface area contributed by atoms with E-state index in [0.717, 1.165) is 0 Å². The van der Waals surface area contributed by atoms with Crippen molar-refractivity contribution >= 4 is 12.2 Å². The molecule has 2 aliphatic heterocycles. The maximum absolute atomic E-state index is 11.8. The molecule has 0 aromatic carbocycles. The van der Waals surface area contributed by atoms with Gasteiger partial charge in [-0.05, 0) is 59.9 Å². The van der Waals surface area contributed by atoms with Crippen molar-refractivity contribution in [2.45, 2.75) is 89.8 Å². The average molecular weight is 459 g/mol. The Hall–Kier alpha value is -2.27. The highest BCUT2D eigenvalue weighted by Crippen LogP contribution is 2.23. The number of carbonyl (C=O) groups excluding carboxylic acids is 2. The molecule has 12 heteroatoms. The van der Waals surface area contributed by atoms with E-state index in [0.29, 0.717) is 25.9 Å². The number of rotatable bonds is 3. The Morgan fingerprint density at radius 3 is 1.81 bits per heavy atom.